The van der Waals surface area contributed by atoms with Crippen LogP contribution in [0.25, 0.3) is 0 Å². The molecule has 3 aromatic rings. The average molecular weight is 324 g/mol. The first kappa shape index (κ1) is 15.3. The third-order valence-corrected chi connectivity index (χ3v) is 4.22. The van der Waals surface area contributed by atoms with Gasteiger partial charge in [-0.1, -0.05) is 36.4 Å². The van der Waals surface area contributed by atoms with Gasteiger partial charge in [0.25, 0.3) is 0 Å². The maximum atomic E-state index is 12.2. The fraction of sp³-hybridized carbons (Fsp3) is 0.118. The minimum absolute atomic E-state index is 0.0232. The Bertz CT molecular complexity index is 759. The van der Waals surface area contributed by atoms with Gasteiger partial charge in [-0.3, -0.25) is 4.79 Å². The summed E-state index contributed by atoms with van der Waals surface area (Å²) in [4.78, 5) is 17.2. The number of amides is 1. The Hall–Kier alpha value is -2.60. The minimum atomic E-state index is -0.0232. The van der Waals surface area contributed by atoms with Crippen LogP contribution in [0.4, 0.5) is 5.69 Å². The lowest BCUT2D eigenvalue weighted by Crippen LogP contribution is -2.16. The van der Waals surface area contributed by atoms with Gasteiger partial charge in [0, 0.05) is 10.6 Å². The summed E-state index contributed by atoms with van der Waals surface area (Å²) in [5.74, 6) is 0.353. The number of anilines is 1. The van der Waals surface area contributed by atoms with Crippen LogP contribution in [0.5, 0.6) is 0 Å². The van der Waals surface area contributed by atoms with E-state index in [1.807, 2.05) is 54.6 Å². The predicted molar refractivity (Wildman–Crippen MR) is 91.4 cm³/mol. The van der Waals surface area contributed by atoms with Crippen molar-refractivity contribution in [1.29, 1.82) is 0 Å². The number of rotatable bonds is 6. The Morgan fingerprint density at radius 3 is 2.65 bits per heavy atom. The molecule has 1 heterocycles. The van der Waals surface area contributed by atoms with E-state index in [0.29, 0.717) is 12.3 Å². The van der Waals surface area contributed by atoms with Crippen LogP contribution < -0.4 is 5.32 Å². The van der Waals surface area contributed by atoms with Gasteiger partial charge in [-0.25, -0.2) is 9.67 Å². The standard InChI is InChI=1S/C17H16N4OS/c22-17(11-23-15-7-2-1-3-8-15)20-16-9-5-4-6-14(16)10-21-13-18-12-19-21/h1-9,12-13H,10-11H2,(H,20,22). The number of hydrogen-bond donors (Lipinski definition) is 1. The third-order valence-electron chi connectivity index (χ3n) is 3.20. The van der Waals surface area contributed by atoms with Crippen molar-refractivity contribution in [3.05, 3.63) is 72.8 Å². The Labute approximate surface area is 138 Å². The smallest absolute Gasteiger partial charge is 0.234 e. The second kappa shape index (κ2) is 7.60. The number of carbonyl (C=O) groups is 1. The zero-order valence-electron chi connectivity index (χ0n) is 12.4. The summed E-state index contributed by atoms with van der Waals surface area (Å²) in [5.41, 5.74) is 1.80. The van der Waals surface area contributed by atoms with Crippen molar-refractivity contribution in [2.75, 3.05) is 11.1 Å². The summed E-state index contributed by atoms with van der Waals surface area (Å²) < 4.78 is 1.73. The molecule has 0 fully saturated rings. The highest BCUT2D eigenvalue weighted by Gasteiger charge is 2.08. The highest BCUT2D eigenvalue weighted by atomic mass is 32.2. The molecule has 1 N–H and O–H groups in total. The number of carbonyl (C=O) groups excluding carboxylic acids is 1. The van der Waals surface area contributed by atoms with E-state index in [-0.39, 0.29) is 5.91 Å². The zero-order valence-corrected chi connectivity index (χ0v) is 13.2. The van der Waals surface area contributed by atoms with Gasteiger partial charge in [0.1, 0.15) is 12.7 Å². The fourth-order valence-corrected chi connectivity index (χ4v) is 2.84. The number of hydrogen-bond acceptors (Lipinski definition) is 4. The van der Waals surface area contributed by atoms with Gasteiger partial charge in [0.2, 0.25) is 5.91 Å². The predicted octanol–water partition coefficient (Wildman–Crippen LogP) is 3.06. The van der Waals surface area contributed by atoms with Crippen LogP contribution in [0, 0.1) is 0 Å². The van der Waals surface area contributed by atoms with E-state index in [4.69, 9.17) is 0 Å². The molecule has 0 aliphatic carbocycles. The minimum Gasteiger partial charge on any atom is -0.325 e. The number of para-hydroxylation sites is 1. The highest BCUT2D eigenvalue weighted by molar-refractivity contribution is 8.00. The third kappa shape index (κ3) is 4.43. The SMILES string of the molecule is O=C(CSc1ccccc1)Nc1ccccc1Cn1cncn1. The van der Waals surface area contributed by atoms with E-state index in [9.17, 15) is 4.79 Å². The first-order chi connectivity index (χ1) is 11.3. The normalized spacial score (nSPS) is 10.4. The van der Waals surface area contributed by atoms with Crippen LogP contribution in [0.1, 0.15) is 5.56 Å². The van der Waals surface area contributed by atoms with E-state index >= 15 is 0 Å². The van der Waals surface area contributed by atoms with Gasteiger partial charge in [-0.15, -0.1) is 11.8 Å². The van der Waals surface area contributed by atoms with Gasteiger partial charge in [-0.2, -0.15) is 5.10 Å². The van der Waals surface area contributed by atoms with E-state index in [1.54, 1.807) is 11.0 Å². The van der Waals surface area contributed by atoms with Crippen molar-refractivity contribution in [1.82, 2.24) is 14.8 Å². The molecular weight excluding hydrogens is 308 g/mol. The van der Waals surface area contributed by atoms with Gasteiger partial charge in [0.15, 0.2) is 0 Å². The average Bonchev–Trinajstić information content (AvgIpc) is 3.09. The van der Waals surface area contributed by atoms with Crippen molar-refractivity contribution in [3.63, 3.8) is 0 Å². The number of nitrogens with one attached hydrogen (secondary N) is 1. The molecular formula is C17H16N4OS. The van der Waals surface area contributed by atoms with E-state index < -0.39 is 0 Å². The van der Waals surface area contributed by atoms with Crippen molar-refractivity contribution < 1.29 is 4.79 Å². The quantitative estimate of drug-likeness (QED) is 0.708. The molecule has 116 valence electrons. The maximum absolute atomic E-state index is 12.2. The van der Waals surface area contributed by atoms with Gasteiger partial charge in [0.05, 0.1) is 12.3 Å². The van der Waals surface area contributed by atoms with Crippen LogP contribution in [-0.2, 0) is 11.3 Å². The van der Waals surface area contributed by atoms with Crippen LogP contribution in [0.3, 0.4) is 0 Å². The molecule has 0 bridgehead atoms. The summed E-state index contributed by atoms with van der Waals surface area (Å²) in [5, 5.41) is 7.07. The summed E-state index contributed by atoms with van der Waals surface area (Å²) >= 11 is 1.52. The van der Waals surface area contributed by atoms with Crippen LogP contribution in [-0.4, -0.2) is 26.4 Å². The molecule has 0 saturated carbocycles. The Kier molecular flexibility index (Phi) is 5.06. The molecule has 0 spiro atoms. The lowest BCUT2D eigenvalue weighted by molar-refractivity contribution is -0.113. The van der Waals surface area contributed by atoms with Crippen molar-refractivity contribution in [3.8, 4) is 0 Å². The Balaban J connectivity index is 1.62. The molecule has 1 amide bonds. The number of nitrogens with zero attached hydrogens (tertiary/aromatic N) is 3. The summed E-state index contributed by atoms with van der Waals surface area (Å²) in [6.07, 6.45) is 3.15. The van der Waals surface area contributed by atoms with Crippen molar-refractivity contribution in [2.24, 2.45) is 0 Å². The number of thioether (sulfide) groups is 1. The topological polar surface area (TPSA) is 59.8 Å². The fourth-order valence-electron chi connectivity index (χ4n) is 2.12. The monoisotopic (exact) mass is 324 g/mol. The van der Waals surface area contributed by atoms with E-state index in [2.05, 4.69) is 15.4 Å². The van der Waals surface area contributed by atoms with Crippen molar-refractivity contribution in [2.45, 2.75) is 11.4 Å². The summed E-state index contributed by atoms with van der Waals surface area (Å²) in [7, 11) is 0. The first-order valence-corrected chi connectivity index (χ1v) is 8.18. The van der Waals surface area contributed by atoms with Crippen LogP contribution >= 0.6 is 11.8 Å². The molecule has 0 aliphatic heterocycles. The summed E-state index contributed by atoms with van der Waals surface area (Å²) in [6.45, 7) is 0.572. The van der Waals surface area contributed by atoms with E-state index in [0.717, 1.165) is 16.1 Å². The van der Waals surface area contributed by atoms with Crippen LogP contribution in [0.15, 0.2) is 72.1 Å². The maximum Gasteiger partial charge on any atom is 0.234 e. The molecule has 0 unspecified atom stereocenters. The molecule has 1 aromatic heterocycles. The lowest BCUT2D eigenvalue weighted by atomic mass is 10.2. The number of benzene rings is 2. The highest BCUT2D eigenvalue weighted by Crippen LogP contribution is 2.19. The molecule has 0 radical (unpaired) electrons. The van der Waals surface area contributed by atoms with E-state index in [1.165, 1.54) is 18.1 Å². The molecule has 0 atom stereocenters. The van der Waals surface area contributed by atoms with Gasteiger partial charge >= 0.3 is 0 Å². The molecule has 0 aliphatic rings. The molecule has 23 heavy (non-hydrogen) atoms. The molecule has 2 aromatic carbocycles. The van der Waals surface area contributed by atoms with Crippen molar-refractivity contribution >= 4 is 23.4 Å². The van der Waals surface area contributed by atoms with Gasteiger partial charge < -0.3 is 5.32 Å². The summed E-state index contributed by atoms with van der Waals surface area (Å²) in [6, 6.07) is 17.6. The Morgan fingerprint density at radius 2 is 1.87 bits per heavy atom. The van der Waals surface area contributed by atoms with Gasteiger partial charge in [-0.05, 0) is 23.8 Å². The Morgan fingerprint density at radius 1 is 1.09 bits per heavy atom. The second-order valence-corrected chi connectivity index (χ2v) is 5.95. The molecule has 6 heteroatoms. The lowest BCUT2D eigenvalue weighted by Gasteiger charge is -2.11. The molecule has 5 nitrogen and oxygen atoms in total. The molecule has 3 rings (SSSR count). The largest absolute Gasteiger partial charge is 0.325 e. The van der Waals surface area contributed by atoms with Crippen LogP contribution in [0.2, 0.25) is 0 Å². The zero-order chi connectivity index (χ0) is 15.9. The number of aromatic nitrogens is 3. The molecule has 0 saturated heterocycles. The first-order valence-electron chi connectivity index (χ1n) is 7.19. The second-order valence-electron chi connectivity index (χ2n) is 4.90.